The van der Waals surface area contributed by atoms with Gasteiger partial charge in [0.1, 0.15) is 0 Å². The number of aromatic nitrogens is 1. The first-order valence-electron chi connectivity index (χ1n) is 4.87. The third-order valence-corrected chi connectivity index (χ3v) is 1.97. The average molecular weight is 196 g/mol. The maximum Gasteiger partial charge on any atom is 0.277 e. The predicted molar refractivity (Wildman–Crippen MR) is 54.8 cm³/mol. The molecule has 0 aliphatic rings. The first-order chi connectivity index (χ1) is 6.84. The van der Waals surface area contributed by atoms with E-state index in [-0.39, 0.29) is 6.61 Å². The van der Waals surface area contributed by atoms with E-state index in [2.05, 4.69) is 5.32 Å². The number of hydrogen-bond donors (Lipinski definition) is 2. The maximum absolute atomic E-state index is 11.2. The summed E-state index contributed by atoms with van der Waals surface area (Å²) in [5.41, 5.74) is 0. The van der Waals surface area contributed by atoms with Gasteiger partial charge in [0.25, 0.3) is 5.82 Å². The van der Waals surface area contributed by atoms with Crippen molar-refractivity contribution in [3.05, 3.63) is 29.6 Å². The molecule has 2 N–H and O–H groups in total. The molecule has 14 heavy (non-hydrogen) atoms. The van der Waals surface area contributed by atoms with Gasteiger partial charge in [-0.25, -0.2) is 4.73 Å². The molecule has 1 aromatic rings. The third kappa shape index (κ3) is 3.62. The standard InChI is InChI=1S/C10H16N2O2/c13-9-5-1-3-7-11-10-6-2-4-8-12(10)14/h2,4,6,8,11,13H,1,3,5,7,9H2. The van der Waals surface area contributed by atoms with E-state index in [0.717, 1.165) is 30.5 Å². The summed E-state index contributed by atoms with van der Waals surface area (Å²) in [6.45, 7) is 1.01. The van der Waals surface area contributed by atoms with Gasteiger partial charge < -0.3 is 10.3 Å². The number of aliphatic hydroxyl groups excluding tert-OH is 1. The van der Waals surface area contributed by atoms with E-state index >= 15 is 0 Å². The molecule has 0 saturated carbocycles. The van der Waals surface area contributed by atoms with Crippen molar-refractivity contribution in [2.75, 3.05) is 18.5 Å². The van der Waals surface area contributed by atoms with Crippen LogP contribution in [0.5, 0.6) is 0 Å². The van der Waals surface area contributed by atoms with Crippen LogP contribution in [0.25, 0.3) is 0 Å². The van der Waals surface area contributed by atoms with Gasteiger partial charge in [0.05, 0.1) is 12.7 Å². The van der Waals surface area contributed by atoms with Crippen LogP contribution in [0.1, 0.15) is 19.3 Å². The second kappa shape index (κ2) is 6.21. The fourth-order valence-electron chi connectivity index (χ4n) is 1.20. The summed E-state index contributed by atoms with van der Waals surface area (Å²) >= 11 is 0. The Kier molecular flexibility index (Phi) is 4.78. The van der Waals surface area contributed by atoms with Crippen molar-refractivity contribution in [1.82, 2.24) is 0 Å². The Morgan fingerprint density at radius 1 is 1.29 bits per heavy atom. The van der Waals surface area contributed by atoms with Gasteiger partial charge in [-0.3, -0.25) is 5.32 Å². The number of aliphatic hydroxyl groups is 1. The first-order valence-corrected chi connectivity index (χ1v) is 4.87. The number of nitrogens with one attached hydrogen (secondary N) is 1. The molecule has 0 aromatic carbocycles. The van der Waals surface area contributed by atoms with Gasteiger partial charge in [-0.1, -0.05) is 6.07 Å². The molecular formula is C10H16N2O2. The van der Waals surface area contributed by atoms with E-state index in [1.165, 1.54) is 6.20 Å². The predicted octanol–water partition coefficient (Wildman–Crippen LogP) is 0.895. The number of nitrogens with zero attached hydrogens (tertiary/aromatic N) is 1. The smallest absolute Gasteiger partial charge is 0.277 e. The van der Waals surface area contributed by atoms with Crippen molar-refractivity contribution in [3.8, 4) is 0 Å². The van der Waals surface area contributed by atoms with Crippen LogP contribution in [0.2, 0.25) is 0 Å². The van der Waals surface area contributed by atoms with E-state index in [4.69, 9.17) is 5.11 Å². The third-order valence-electron chi connectivity index (χ3n) is 1.97. The Bertz CT molecular complexity index is 266. The van der Waals surface area contributed by atoms with Crippen molar-refractivity contribution >= 4 is 5.82 Å². The Balaban J connectivity index is 2.21. The topological polar surface area (TPSA) is 59.2 Å². The molecule has 0 aliphatic carbocycles. The summed E-state index contributed by atoms with van der Waals surface area (Å²) in [4.78, 5) is 0. The number of rotatable bonds is 6. The number of hydrogen-bond acceptors (Lipinski definition) is 3. The lowest BCUT2D eigenvalue weighted by Crippen LogP contribution is -2.30. The summed E-state index contributed by atoms with van der Waals surface area (Å²) in [6.07, 6.45) is 4.24. The van der Waals surface area contributed by atoms with Crippen LogP contribution in [0.15, 0.2) is 24.4 Å². The molecule has 0 radical (unpaired) electrons. The van der Waals surface area contributed by atoms with Gasteiger partial charge in [0.2, 0.25) is 0 Å². The average Bonchev–Trinajstić information content (AvgIpc) is 2.20. The number of anilines is 1. The zero-order valence-corrected chi connectivity index (χ0v) is 8.15. The van der Waals surface area contributed by atoms with Gasteiger partial charge in [0.15, 0.2) is 0 Å². The highest BCUT2D eigenvalue weighted by molar-refractivity contribution is 5.27. The Morgan fingerprint density at radius 2 is 2.14 bits per heavy atom. The number of pyridine rings is 1. The summed E-state index contributed by atoms with van der Waals surface area (Å²) in [7, 11) is 0. The van der Waals surface area contributed by atoms with Crippen molar-refractivity contribution in [2.45, 2.75) is 19.3 Å². The highest BCUT2D eigenvalue weighted by Crippen LogP contribution is 1.99. The van der Waals surface area contributed by atoms with Crippen LogP contribution in [-0.4, -0.2) is 18.3 Å². The molecule has 0 unspecified atom stereocenters. The normalized spacial score (nSPS) is 10.1. The molecule has 4 heteroatoms. The lowest BCUT2D eigenvalue weighted by Gasteiger charge is -2.07. The van der Waals surface area contributed by atoms with E-state index in [0.29, 0.717) is 5.82 Å². The minimum atomic E-state index is 0.243. The SMILES string of the molecule is [O-][n+]1ccccc1NCCCCCO. The lowest BCUT2D eigenvalue weighted by molar-refractivity contribution is -0.590. The molecular weight excluding hydrogens is 180 g/mol. The fourth-order valence-corrected chi connectivity index (χ4v) is 1.20. The molecule has 4 nitrogen and oxygen atoms in total. The van der Waals surface area contributed by atoms with Crippen LogP contribution >= 0.6 is 0 Å². The largest absolute Gasteiger partial charge is 0.711 e. The molecule has 1 aromatic heterocycles. The summed E-state index contributed by atoms with van der Waals surface area (Å²) in [5.74, 6) is 0.580. The minimum absolute atomic E-state index is 0.243. The number of unbranched alkanes of at least 4 members (excludes halogenated alkanes) is 2. The zero-order chi connectivity index (χ0) is 10.2. The second-order valence-electron chi connectivity index (χ2n) is 3.12. The highest BCUT2D eigenvalue weighted by atomic mass is 16.5. The van der Waals surface area contributed by atoms with Gasteiger partial charge in [0, 0.05) is 12.7 Å². The minimum Gasteiger partial charge on any atom is -0.711 e. The Morgan fingerprint density at radius 3 is 2.86 bits per heavy atom. The van der Waals surface area contributed by atoms with Crippen molar-refractivity contribution in [2.24, 2.45) is 0 Å². The highest BCUT2D eigenvalue weighted by Gasteiger charge is 1.99. The second-order valence-corrected chi connectivity index (χ2v) is 3.12. The quantitative estimate of drug-likeness (QED) is 0.403. The van der Waals surface area contributed by atoms with E-state index in [1.807, 2.05) is 6.07 Å². The maximum atomic E-state index is 11.2. The van der Waals surface area contributed by atoms with Crippen LogP contribution in [0.3, 0.4) is 0 Å². The molecule has 0 amide bonds. The van der Waals surface area contributed by atoms with Gasteiger partial charge in [-0.05, 0) is 25.3 Å². The summed E-state index contributed by atoms with van der Waals surface area (Å²) in [5, 5.41) is 22.7. The van der Waals surface area contributed by atoms with Crippen LogP contribution in [0.4, 0.5) is 5.82 Å². The molecule has 78 valence electrons. The van der Waals surface area contributed by atoms with E-state index < -0.39 is 0 Å². The molecule has 1 rings (SSSR count). The first kappa shape index (κ1) is 10.8. The molecule has 0 atom stereocenters. The van der Waals surface area contributed by atoms with Gasteiger partial charge in [-0.15, -0.1) is 0 Å². The molecule has 0 saturated heterocycles. The van der Waals surface area contributed by atoms with Crippen LogP contribution < -0.4 is 10.0 Å². The fraction of sp³-hybridized carbons (Fsp3) is 0.500. The molecule has 1 heterocycles. The van der Waals surface area contributed by atoms with Crippen molar-refractivity contribution < 1.29 is 9.84 Å². The zero-order valence-electron chi connectivity index (χ0n) is 8.15. The Hall–Kier alpha value is -1.29. The molecule has 0 aliphatic heterocycles. The summed E-state index contributed by atoms with van der Waals surface area (Å²) < 4.78 is 0.812. The monoisotopic (exact) mass is 196 g/mol. The van der Waals surface area contributed by atoms with Crippen molar-refractivity contribution in [3.63, 3.8) is 0 Å². The van der Waals surface area contributed by atoms with E-state index in [1.54, 1.807) is 12.1 Å². The lowest BCUT2D eigenvalue weighted by atomic mass is 10.2. The van der Waals surface area contributed by atoms with Gasteiger partial charge in [-0.2, -0.15) is 0 Å². The molecule has 0 bridgehead atoms. The Labute approximate surface area is 83.8 Å². The van der Waals surface area contributed by atoms with Crippen molar-refractivity contribution in [1.29, 1.82) is 0 Å². The summed E-state index contributed by atoms with van der Waals surface area (Å²) in [6, 6.07) is 5.27. The molecule has 0 spiro atoms. The van der Waals surface area contributed by atoms with E-state index in [9.17, 15) is 5.21 Å². The molecule has 0 fully saturated rings. The van der Waals surface area contributed by atoms with Crippen LogP contribution in [0, 0.1) is 5.21 Å². The van der Waals surface area contributed by atoms with Crippen LogP contribution in [-0.2, 0) is 0 Å². The van der Waals surface area contributed by atoms with Gasteiger partial charge >= 0.3 is 0 Å².